The maximum atomic E-state index is 12.4. The van der Waals surface area contributed by atoms with Gasteiger partial charge in [-0.3, -0.25) is 14.5 Å². The summed E-state index contributed by atoms with van der Waals surface area (Å²) in [6.45, 7) is 2.67. The number of likely N-dealkylation sites (tertiary alicyclic amines) is 1. The van der Waals surface area contributed by atoms with E-state index >= 15 is 0 Å². The summed E-state index contributed by atoms with van der Waals surface area (Å²) in [5.41, 5.74) is 5.33. The van der Waals surface area contributed by atoms with E-state index in [-0.39, 0.29) is 17.7 Å². The molecule has 122 valence electrons. The number of amides is 2. The molecule has 0 unspecified atom stereocenters. The van der Waals surface area contributed by atoms with E-state index in [2.05, 4.69) is 4.90 Å². The number of nitrogens with zero attached hydrogens (tertiary/aromatic N) is 2. The minimum absolute atomic E-state index is 0.0388. The maximum Gasteiger partial charge on any atom is 0.267 e. The van der Waals surface area contributed by atoms with Crippen molar-refractivity contribution in [3.63, 3.8) is 0 Å². The smallest absolute Gasteiger partial charge is 0.267 e. The first-order valence-corrected chi connectivity index (χ1v) is 8.53. The number of nitrogens with two attached hydrogens (primary N) is 1. The van der Waals surface area contributed by atoms with E-state index in [0.29, 0.717) is 22.4 Å². The predicted octanol–water partition coefficient (Wildman–Crippen LogP) is 0.922. The average molecular weight is 343 g/mol. The quantitative estimate of drug-likeness (QED) is 0.439. The number of ether oxygens (including phenoxy) is 1. The Kier molecular flexibility index (Phi) is 6.22. The van der Waals surface area contributed by atoms with Crippen molar-refractivity contribution < 1.29 is 14.3 Å². The van der Waals surface area contributed by atoms with Gasteiger partial charge in [-0.1, -0.05) is 24.0 Å². The molecule has 8 heteroatoms. The third kappa shape index (κ3) is 4.21. The van der Waals surface area contributed by atoms with Crippen molar-refractivity contribution in [1.29, 1.82) is 0 Å². The summed E-state index contributed by atoms with van der Waals surface area (Å²) in [7, 11) is 1.64. The van der Waals surface area contributed by atoms with Gasteiger partial charge in [-0.05, 0) is 19.3 Å². The molecule has 0 saturated carbocycles. The number of primary amides is 1. The van der Waals surface area contributed by atoms with Crippen molar-refractivity contribution in [3.8, 4) is 0 Å². The normalized spacial score (nSPS) is 22.0. The maximum absolute atomic E-state index is 12.4. The highest BCUT2D eigenvalue weighted by atomic mass is 32.2. The molecule has 22 heavy (non-hydrogen) atoms. The number of hydrogen-bond acceptors (Lipinski definition) is 6. The molecule has 0 atom stereocenters. The van der Waals surface area contributed by atoms with E-state index in [1.54, 1.807) is 12.0 Å². The molecule has 6 nitrogen and oxygen atoms in total. The van der Waals surface area contributed by atoms with Crippen LogP contribution in [0.25, 0.3) is 0 Å². The molecule has 0 spiro atoms. The van der Waals surface area contributed by atoms with Gasteiger partial charge in [0.05, 0.1) is 4.91 Å². The first-order valence-electron chi connectivity index (χ1n) is 7.30. The van der Waals surface area contributed by atoms with Gasteiger partial charge in [-0.2, -0.15) is 0 Å². The Bertz CT molecular complexity index is 488. The minimum atomic E-state index is -0.232. The van der Waals surface area contributed by atoms with Crippen LogP contribution in [0, 0.1) is 5.92 Å². The Morgan fingerprint density at radius 1 is 1.50 bits per heavy atom. The number of thiocarbonyl (C=S) groups is 1. The van der Waals surface area contributed by atoms with Crippen molar-refractivity contribution in [2.24, 2.45) is 11.7 Å². The number of hydrogen-bond donors (Lipinski definition) is 1. The van der Waals surface area contributed by atoms with Crippen molar-refractivity contribution >= 4 is 40.1 Å². The Morgan fingerprint density at radius 2 is 2.18 bits per heavy atom. The molecule has 2 rings (SSSR count). The lowest BCUT2D eigenvalue weighted by Crippen LogP contribution is -2.36. The number of thioether (sulfide) groups is 1. The Labute approximate surface area is 140 Å². The molecule has 2 aliphatic rings. The molecule has 2 N–H and O–H groups in total. The zero-order valence-corrected chi connectivity index (χ0v) is 14.3. The van der Waals surface area contributed by atoms with Crippen LogP contribution in [0.15, 0.2) is 11.1 Å². The topological polar surface area (TPSA) is 75.9 Å². The summed E-state index contributed by atoms with van der Waals surface area (Å²) >= 11 is 6.61. The van der Waals surface area contributed by atoms with Gasteiger partial charge in [0, 0.05) is 45.5 Å². The largest absolute Gasteiger partial charge is 0.385 e. The zero-order valence-electron chi connectivity index (χ0n) is 12.6. The van der Waals surface area contributed by atoms with Crippen LogP contribution in [0.2, 0.25) is 0 Å². The summed E-state index contributed by atoms with van der Waals surface area (Å²) in [6, 6.07) is 0. The lowest BCUT2D eigenvalue weighted by Gasteiger charge is -2.29. The van der Waals surface area contributed by atoms with Crippen LogP contribution in [-0.4, -0.2) is 59.3 Å². The van der Waals surface area contributed by atoms with Crippen LogP contribution < -0.4 is 5.73 Å². The predicted molar refractivity (Wildman–Crippen MR) is 90.0 cm³/mol. The molecule has 2 fully saturated rings. The molecule has 0 aromatic rings. The number of carbonyl (C=O) groups excluding carboxylic acids is 2. The van der Waals surface area contributed by atoms with Crippen LogP contribution in [-0.2, 0) is 14.3 Å². The Hall–Kier alpha value is -1.12. The lowest BCUT2D eigenvalue weighted by atomic mass is 9.97. The molecule has 0 radical (unpaired) electrons. The third-order valence-corrected chi connectivity index (χ3v) is 5.20. The summed E-state index contributed by atoms with van der Waals surface area (Å²) in [5, 5.41) is 0. The number of rotatable bonds is 6. The molecule has 2 amide bonds. The second-order valence-electron chi connectivity index (χ2n) is 5.38. The van der Waals surface area contributed by atoms with Gasteiger partial charge in [0.15, 0.2) is 0 Å². The van der Waals surface area contributed by atoms with Crippen molar-refractivity contribution in [1.82, 2.24) is 9.80 Å². The standard InChI is InChI=1S/C14H21N3O3S2/c1-20-8-2-5-17-13(19)11(22-14(17)21)9-16-6-3-10(4-7-16)12(15)18/h9-10H,2-8H2,1H3,(H2,15,18)/b11-9+. The van der Waals surface area contributed by atoms with E-state index in [4.69, 9.17) is 22.7 Å². The van der Waals surface area contributed by atoms with Gasteiger partial charge in [-0.25, -0.2) is 0 Å². The van der Waals surface area contributed by atoms with E-state index in [1.807, 2.05) is 6.20 Å². The zero-order chi connectivity index (χ0) is 16.1. The van der Waals surface area contributed by atoms with Gasteiger partial charge >= 0.3 is 0 Å². The van der Waals surface area contributed by atoms with E-state index in [9.17, 15) is 9.59 Å². The fourth-order valence-corrected chi connectivity index (χ4v) is 3.84. The highest BCUT2D eigenvalue weighted by molar-refractivity contribution is 8.26. The van der Waals surface area contributed by atoms with Crippen LogP contribution in [0.3, 0.4) is 0 Å². The molecular formula is C14H21N3O3S2. The summed E-state index contributed by atoms with van der Waals surface area (Å²) in [4.78, 5) is 27.9. The fourth-order valence-electron chi connectivity index (χ4n) is 2.53. The first-order chi connectivity index (χ1) is 10.5. The second kappa shape index (κ2) is 7.94. The highest BCUT2D eigenvalue weighted by Crippen LogP contribution is 2.32. The third-order valence-electron chi connectivity index (χ3n) is 3.84. The van der Waals surface area contributed by atoms with Gasteiger partial charge in [0.25, 0.3) is 5.91 Å². The van der Waals surface area contributed by atoms with Gasteiger partial charge in [-0.15, -0.1) is 0 Å². The van der Waals surface area contributed by atoms with Crippen molar-refractivity contribution in [2.75, 3.05) is 33.4 Å². The van der Waals surface area contributed by atoms with E-state index < -0.39 is 0 Å². The molecule has 0 aromatic heterocycles. The van der Waals surface area contributed by atoms with Gasteiger partial charge in [0.2, 0.25) is 5.91 Å². The molecule has 2 heterocycles. The number of carbonyl (C=O) groups is 2. The van der Waals surface area contributed by atoms with Crippen molar-refractivity contribution in [3.05, 3.63) is 11.1 Å². The van der Waals surface area contributed by atoms with Crippen molar-refractivity contribution in [2.45, 2.75) is 19.3 Å². The molecule has 0 bridgehead atoms. The van der Waals surface area contributed by atoms with Crippen LogP contribution in [0.5, 0.6) is 0 Å². The van der Waals surface area contributed by atoms with Gasteiger partial charge < -0.3 is 15.4 Å². The Morgan fingerprint density at radius 3 is 2.77 bits per heavy atom. The van der Waals surface area contributed by atoms with E-state index in [0.717, 1.165) is 32.4 Å². The SMILES string of the molecule is COCCCN1C(=O)/C(=C\N2CCC(C(N)=O)CC2)SC1=S. The fraction of sp³-hybridized carbons (Fsp3) is 0.643. The number of piperidine rings is 1. The first kappa shape index (κ1) is 17.2. The average Bonchev–Trinajstić information content (AvgIpc) is 2.75. The summed E-state index contributed by atoms with van der Waals surface area (Å²) in [6.07, 6.45) is 4.10. The molecular weight excluding hydrogens is 322 g/mol. The van der Waals surface area contributed by atoms with Gasteiger partial charge in [0.1, 0.15) is 4.32 Å². The lowest BCUT2D eigenvalue weighted by molar-refractivity contribution is -0.123. The van der Waals surface area contributed by atoms with Crippen LogP contribution in [0.1, 0.15) is 19.3 Å². The van der Waals surface area contributed by atoms with Crippen LogP contribution in [0.4, 0.5) is 0 Å². The number of methoxy groups -OCH3 is 1. The minimum Gasteiger partial charge on any atom is -0.385 e. The summed E-state index contributed by atoms with van der Waals surface area (Å²) in [5.74, 6) is -0.319. The van der Waals surface area contributed by atoms with E-state index in [1.165, 1.54) is 11.8 Å². The van der Waals surface area contributed by atoms with Crippen LogP contribution >= 0.6 is 24.0 Å². The molecule has 0 aromatic carbocycles. The molecule has 2 saturated heterocycles. The second-order valence-corrected chi connectivity index (χ2v) is 7.05. The summed E-state index contributed by atoms with van der Waals surface area (Å²) < 4.78 is 5.60. The highest BCUT2D eigenvalue weighted by Gasteiger charge is 2.32. The molecule has 2 aliphatic heterocycles. The Balaban J connectivity index is 1.91. The monoisotopic (exact) mass is 343 g/mol. The molecule has 0 aliphatic carbocycles.